The Balaban J connectivity index is 1.71. The lowest BCUT2D eigenvalue weighted by molar-refractivity contribution is -0.125. The highest BCUT2D eigenvalue weighted by Gasteiger charge is 2.51. The van der Waals surface area contributed by atoms with Crippen LogP contribution in [0.5, 0.6) is 0 Å². The van der Waals surface area contributed by atoms with Gasteiger partial charge < -0.3 is 10.1 Å². The van der Waals surface area contributed by atoms with Crippen LogP contribution in [-0.2, 0) is 25.0 Å². The van der Waals surface area contributed by atoms with Crippen molar-refractivity contribution in [2.24, 2.45) is 16.2 Å². The summed E-state index contributed by atoms with van der Waals surface area (Å²) in [7, 11) is -4.29. The number of nitrogens with one attached hydrogen (secondary N) is 2. The molecule has 2 aromatic rings. The van der Waals surface area contributed by atoms with Crippen LogP contribution in [0.4, 0.5) is 16.2 Å². The van der Waals surface area contributed by atoms with Gasteiger partial charge in [0.2, 0.25) is 0 Å². The Hall–Kier alpha value is -3.53. The Morgan fingerprint density at radius 2 is 1.84 bits per heavy atom. The minimum Gasteiger partial charge on any atom is -0.444 e. The standard InChI is InChI=1S/C28H33N3O6S/c1-16(2)13-14-28(6)19-10-8-7-9-18(19)23(32)22(24(28)33)25-30-20-12-11-17(15-21(20)38(35,36)31-25)29-26(34)37-27(3,4)5/h7-12,15-16,22H,13-14H2,1-6H3,(H,29,34)(H,30,31)/t22?,28-/m0/s1. The minimum absolute atomic E-state index is 0.160. The molecule has 202 valence electrons. The largest absolute Gasteiger partial charge is 0.444 e. The molecule has 9 nitrogen and oxygen atoms in total. The van der Waals surface area contributed by atoms with Gasteiger partial charge in [-0.3, -0.25) is 14.9 Å². The SMILES string of the molecule is CC(C)CC[C@]1(C)C(=O)C(C2=NS(=O)(=O)c3cc(NC(=O)OC(C)(C)C)ccc3N2)C(=O)c2ccccc21. The first-order valence-electron chi connectivity index (χ1n) is 12.6. The van der Waals surface area contributed by atoms with E-state index in [1.165, 1.54) is 18.2 Å². The minimum atomic E-state index is -4.29. The van der Waals surface area contributed by atoms with E-state index in [-0.39, 0.29) is 27.9 Å². The number of carbonyl (C=O) groups excluding carboxylic acids is 3. The number of anilines is 2. The number of hydrogen-bond acceptors (Lipinski definition) is 7. The number of ether oxygens (including phenoxy) is 1. The van der Waals surface area contributed by atoms with Crippen LogP contribution in [0.25, 0.3) is 0 Å². The molecule has 2 N–H and O–H groups in total. The molecule has 4 rings (SSSR count). The molecule has 1 amide bonds. The second-order valence-corrected chi connectivity index (χ2v) is 13.0. The number of fused-ring (bicyclic) bond motifs is 2. The third-order valence-electron chi connectivity index (χ3n) is 6.74. The molecular formula is C28H33N3O6S. The average Bonchev–Trinajstić information content (AvgIpc) is 2.80. The van der Waals surface area contributed by atoms with Gasteiger partial charge in [-0.05, 0) is 70.2 Å². The summed E-state index contributed by atoms with van der Waals surface area (Å²) >= 11 is 0. The number of rotatable bonds is 5. The van der Waals surface area contributed by atoms with Crippen molar-refractivity contribution in [3.05, 3.63) is 53.6 Å². The number of amides is 1. The van der Waals surface area contributed by atoms with Crippen LogP contribution in [0.15, 0.2) is 51.8 Å². The van der Waals surface area contributed by atoms with Gasteiger partial charge in [0.15, 0.2) is 11.6 Å². The summed E-state index contributed by atoms with van der Waals surface area (Å²) in [5, 5.41) is 5.43. The van der Waals surface area contributed by atoms with Crippen molar-refractivity contribution < 1.29 is 27.5 Å². The zero-order valence-corrected chi connectivity index (χ0v) is 23.2. The van der Waals surface area contributed by atoms with E-state index in [0.29, 0.717) is 23.5 Å². The van der Waals surface area contributed by atoms with Crippen molar-refractivity contribution in [1.29, 1.82) is 0 Å². The highest BCUT2D eigenvalue weighted by molar-refractivity contribution is 7.90. The van der Waals surface area contributed by atoms with Crippen LogP contribution in [0.3, 0.4) is 0 Å². The predicted molar refractivity (Wildman–Crippen MR) is 145 cm³/mol. The van der Waals surface area contributed by atoms with E-state index in [0.717, 1.165) is 6.42 Å². The van der Waals surface area contributed by atoms with Crippen molar-refractivity contribution in [2.75, 3.05) is 10.6 Å². The summed E-state index contributed by atoms with van der Waals surface area (Å²) in [4.78, 5) is 39.5. The average molecular weight is 540 g/mol. The lowest BCUT2D eigenvalue weighted by Gasteiger charge is -2.39. The van der Waals surface area contributed by atoms with Gasteiger partial charge >= 0.3 is 6.09 Å². The van der Waals surface area contributed by atoms with Gasteiger partial charge in [0.1, 0.15) is 22.3 Å². The summed E-state index contributed by atoms with van der Waals surface area (Å²) in [5.74, 6) is -2.13. The predicted octanol–water partition coefficient (Wildman–Crippen LogP) is 5.32. The molecule has 1 heterocycles. The lowest BCUT2D eigenvalue weighted by atomic mass is 9.63. The molecule has 0 fully saturated rings. The topological polar surface area (TPSA) is 131 Å². The fourth-order valence-electron chi connectivity index (χ4n) is 4.79. The highest BCUT2D eigenvalue weighted by atomic mass is 32.2. The molecule has 1 aliphatic heterocycles. The van der Waals surface area contributed by atoms with E-state index in [9.17, 15) is 22.8 Å². The second-order valence-electron chi connectivity index (χ2n) is 11.4. The Morgan fingerprint density at radius 3 is 2.50 bits per heavy atom. The van der Waals surface area contributed by atoms with Crippen LogP contribution in [-0.4, -0.2) is 37.5 Å². The fourth-order valence-corrected chi connectivity index (χ4v) is 5.97. The van der Waals surface area contributed by atoms with Gasteiger partial charge in [-0.2, -0.15) is 8.42 Å². The molecule has 10 heteroatoms. The van der Waals surface area contributed by atoms with Gasteiger partial charge in [0, 0.05) is 11.3 Å². The van der Waals surface area contributed by atoms with Gasteiger partial charge in [-0.15, -0.1) is 4.40 Å². The third-order valence-corrected chi connectivity index (χ3v) is 8.07. The molecular weight excluding hydrogens is 506 g/mol. The Kier molecular flexibility index (Phi) is 6.98. The Labute approximate surface area is 223 Å². The van der Waals surface area contributed by atoms with Crippen LogP contribution in [0.1, 0.15) is 70.3 Å². The molecule has 1 unspecified atom stereocenters. The quantitative estimate of drug-likeness (QED) is 0.492. The number of benzene rings is 2. The first kappa shape index (κ1) is 27.5. The maximum Gasteiger partial charge on any atom is 0.412 e. The summed E-state index contributed by atoms with van der Waals surface area (Å²) in [6.45, 7) is 11.1. The van der Waals surface area contributed by atoms with Gasteiger partial charge in [-0.1, -0.05) is 38.1 Å². The molecule has 0 radical (unpaired) electrons. The second kappa shape index (κ2) is 9.65. The number of nitrogens with zero attached hydrogens (tertiary/aromatic N) is 1. The van der Waals surface area contributed by atoms with Gasteiger partial charge in [0.25, 0.3) is 10.0 Å². The van der Waals surface area contributed by atoms with Crippen LogP contribution in [0.2, 0.25) is 0 Å². The number of hydrogen-bond donors (Lipinski definition) is 2. The summed E-state index contributed by atoms with van der Waals surface area (Å²) < 4.78 is 35.6. The number of Topliss-reactive ketones (excluding diaryl/α,β-unsaturated/α-hetero) is 2. The molecule has 0 bridgehead atoms. The molecule has 0 saturated heterocycles. The summed E-state index contributed by atoms with van der Waals surface area (Å²) in [6, 6.07) is 11.2. The Bertz CT molecular complexity index is 1460. The maximum atomic E-state index is 13.9. The highest BCUT2D eigenvalue weighted by Crippen LogP contribution is 2.43. The van der Waals surface area contributed by atoms with Crippen LogP contribution in [0, 0.1) is 11.8 Å². The Morgan fingerprint density at radius 1 is 1.16 bits per heavy atom. The lowest BCUT2D eigenvalue weighted by Crippen LogP contribution is -2.51. The normalized spacial score (nSPS) is 22.2. The van der Waals surface area contributed by atoms with Crippen molar-refractivity contribution in [3.63, 3.8) is 0 Å². The molecule has 2 aromatic carbocycles. The summed E-state index contributed by atoms with van der Waals surface area (Å²) in [6.07, 6.45) is 0.535. The molecule has 38 heavy (non-hydrogen) atoms. The molecule has 0 aromatic heterocycles. The maximum absolute atomic E-state index is 13.9. The number of sulfonamides is 1. The third kappa shape index (κ3) is 5.22. The van der Waals surface area contributed by atoms with E-state index in [4.69, 9.17) is 4.74 Å². The van der Waals surface area contributed by atoms with Crippen molar-refractivity contribution in [2.45, 2.75) is 70.3 Å². The van der Waals surface area contributed by atoms with E-state index in [1.807, 2.05) is 6.92 Å². The molecule has 0 saturated carbocycles. The first-order valence-corrected chi connectivity index (χ1v) is 14.0. The fraction of sp³-hybridized carbons (Fsp3) is 0.429. The van der Waals surface area contributed by atoms with Crippen molar-refractivity contribution in [1.82, 2.24) is 0 Å². The van der Waals surface area contributed by atoms with E-state index >= 15 is 0 Å². The zero-order valence-electron chi connectivity index (χ0n) is 22.4. The van der Waals surface area contributed by atoms with Crippen LogP contribution < -0.4 is 10.6 Å². The van der Waals surface area contributed by atoms with E-state index in [1.54, 1.807) is 45.0 Å². The van der Waals surface area contributed by atoms with Gasteiger partial charge in [-0.25, -0.2) is 4.79 Å². The molecule has 1 aliphatic carbocycles. The van der Waals surface area contributed by atoms with E-state index < -0.39 is 38.8 Å². The van der Waals surface area contributed by atoms with Crippen LogP contribution >= 0.6 is 0 Å². The molecule has 2 aliphatic rings. The number of amidine groups is 1. The molecule has 0 spiro atoms. The molecule has 2 atom stereocenters. The van der Waals surface area contributed by atoms with E-state index in [2.05, 4.69) is 28.9 Å². The van der Waals surface area contributed by atoms with Crippen molar-refractivity contribution >= 4 is 44.9 Å². The first-order chi connectivity index (χ1) is 17.6. The monoisotopic (exact) mass is 539 g/mol. The smallest absolute Gasteiger partial charge is 0.412 e. The summed E-state index contributed by atoms with van der Waals surface area (Å²) in [5.41, 5.74) is -0.297. The van der Waals surface area contributed by atoms with Gasteiger partial charge in [0.05, 0.1) is 11.1 Å². The number of ketones is 2. The zero-order chi connectivity index (χ0) is 28.0. The van der Waals surface area contributed by atoms with Crippen molar-refractivity contribution in [3.8, 4) is 0 Å². The number of carbonyl (C=O) groups is 3.